The average Bonchev–Trinajstić information content (AvgIpc) is 3.09. The Morgan fingerprint density at radius 3 is 2.69 bits per heavy atom. The van der Waals surface area contributed by atoms with E-state index in [1.54, 1.807) is 41.5 Å². The van der Waals surface area contributed by atoms with Crippen molar-refractivity contribution in [2.75, 3.05) is 10.6 Å². The molecule has 4 rings (SSSR count). The molecule has 2 amide bonds. The van der Waals surface area contributed by atoms with Crippen LogP contribution in [0.4, 0.5) is 16.3 Å². The summed E-state index contributed by atoms with van der Waals surface area (Å²) in [6.45, 7) is 0.571. The molecule has 0 bridgehead atoms. The first-order valence-electron chi connectivity index (χ1n) is 8.12. The predicted molar refractivity (Wildman–Crippen MR) is 100.0 cm³/mol. The first kappa shape index (κ1) is 15.8. The van der Waals surface area contributed by atoms with Crippen LogP contribution in [-0.2, 0) is 6.54 Å². The highest BCUT2D eigenvalue weighted by Gasteiger charge is 2.07. The number of hydrogen-bond acceptors (Lipinski definition) is 4. The van der Waals surface area contributed by atoms with Crippen molar-refractivity contribution in [2.24, 2.45) is 0 Å². The Morgan fingerprint density at radius 2 is 1.81 bits per heavy atom. The molecule has 0 aliphatic carbocycles. The molecule has 0 saturated heterocycles. The number of carbonyl (C=O) groups excluding carboxylic acids is 1. The normalized spacial score (nSPS) is 10.6. The van der Waals surface area contributed by atoms with Crippen molar-refractivity contribution < 1.29 is 4.79 Å². The maximum atomic E-state index is 12.0. The van der Waals surface area contributed by atoms with Gasteiger partial charge in [0.25, 0.3) is 0 Å². The van der Waals surface area contributed by atoms with Crippen LogP contribution in [0.3, 0.4) is 0 Å². The van der Waals surface area contributed by atoms with Crippen LogP contribution in [0.2, 0.25) is 0 Å². The van der Waals surface area contributed by atoms with E-state index in [1.165, 1.54) is 0 Å². The van der Waals surface area contributed by atoms with Crippen LogP contribution in [0, 0.1) is 0 Å². The summed E-state index contributed by atoms with van der Waals surface area (Å²) in [5.74, 6) is 0.477. The van der Waals surface area contributed by atoms with Gasteiger partial charge in [0.05, 0.1) is 12.1 Å². The van der Waals surface area contributed by atoms with E-state index in [-0.39, 0.29) is 6.03 Å². The van der Waals surface area contributed by atoms with E-state index in [0.29, 0.717) is 18.1 Å². The molecule has 7 nitrogen and oxygen atoms in total. The predicted octanol–water partition coefficient (Wildman–Crippen LogP) is 3.52. The molecule has 0 radical (unpaired) electrons. The molecule has 1 aromatic carbocycles. The number of para-hydroxylation sites is 1. The minimum absolute atomic E-state index is 0.353. The first-order chi connectivity index (χ1) is 12.8. The molecule has 2 N–H and O–H groups in total. The fourth-order valence-corrected chi connectivity index (χ4v) is 2.70. The van der Waals surface area contributed by atoms with Gasteiger partial charge in [-0.1, -0.05) is 24.3 Å². The molecule has 128 valence electrons. The topological polar surface area (TPSA) is 84.7 Å². The number of carbonyl (C=O) groups is 1. The van der Waals surface area contributed by atoms with E-state index in [0.717, 1.165) is 16.5 Å². The van der Waals surface area contributed by atoms with Gasteiger partial charge in [-0.3, -0.25) is 20.0 Å². The number of nitrogens with zero attached hydrogens (tertiary/aromatic N) is 4. The third kappa shape index (κ3) is 3.51. The summed E-state index contributed by atoms with van der Waals surface area (Å²) in [7, 11) is 0. The number of hydrogen-bond donors (Lipinski definition) is 2. The van der Waals surface area contributed by atoms with Crippen LogP contribution < -0.4 is 10.6 Å². The van der Waals surface area contributed by atoms with Crippen molar-refractivity contribution in [1.82, 2.24) is 19.7 Å². The smallest absolute Gasteiger partial charge is 0.308 e. The Balaban J connectivity index is 1.45. The van der Waals surface area contributed by atoms with E-state index >= 15 is 0 Å². The van der Waals surface area contributed by atoms with E-state index < -0.39 is 0 Å². The van der Waals surface area contributed by atoms with Crippen LogP contribution >= 0.6 is 0 Å². The molecule has 0 atom stereocenters. The standard InChI is InChI=1S/C19H16N6O/c26-19(22-16-6-10-20-11-7-16)23-17-8-12-25(24-17)13-15-4-1-3-14-5-2-9-21-18(14)15/h1-12H,13H2,(H2,20,22,23,24,26). The zero-order valence-electron chi connectivity index (χ0n) is 13.8. The summed E-state index contributed by atoms with van der Waals surface area (Å²) in [6, 6.07) is 14.8. The maximum absolute atomic E-state index is 12.0. The van der Waals surface area contributed by atoms with E-state index in [9.17, 15) is 4.79 Å². The molecular formula is C19H16N6O. The lowest BCUT2D eigenvalue weighted by atomic mass is 10.1. The number of rotatable bonds is 4. The molecule has 3 heterocycles. The largest absolute Gasteiger partial charge is 0.324 e. The van der Waals surface area contributed by atoms with Crippen molar-refractivity contribution in [3.8, 4) is 0 Å². The second-order valence-corrected chi connectivity index (χ2v) is 5.71. The van der Waals surface area contributed by atoms with Gasteiger partial charge in [0.2, 0.25) is 0 Å². The lowest BCUT2D eigenvalue weighted by Crippen LogP contribution is -2.19. The molecule has 7 heteroatoms. The fourth-order valence-electron chi connectivity index (χ4n) is 2.70. The number of anilines is 2. The van der Waals surface area contributed by atoms with Crippen molar-refractivity contribution >= 4 is 28.4 Å². The lowest BCUT2D eigenvalue weighted by molar-refractivity contribution is 0.262. The lowest BCUT2D eigenvalue weighted by Gasteiger charge is -2.06. The van der Waals surface area contributed by atoms with Crippen LogP contribution in [-0.4, -0.2) is 25.8 Å². The molecule has 4 aromatic rings. The van der Waals surface area contributed by atoms with Crippen LogP contribution in [0.25, 0.3) is 10.9 Å². The van der Waals surface area contributed by atoms with Gasteiger partial charge in [0.15, 0.2) is 5.82 Å². The quantitative estimate of drug-likeness (QED) is 0.593. The molecule has 0 spiro atoms. The van der Waals surface area contributed by atoms with Crippen LogP contribution in [0.15, 0.2) is 73.3 Å². The number of benzene rings is 1. The summed E-state index contributed by atoms with van der Waals surface area (Å²) in [6.07, 6.45) is 6.83. The van der Waals surface area contributed by atoms with E-state index in [4.69, 9.17) is 0 Å². The molecular weight excluding hydrogens is 328 g/mol. The number of nitrogens with one attached hydrogen (secondary N) is 2. The van der Waals surface area contributed by atoms with Gasteiger partial charge in [-0.05, 0) is 23.8 Å². The van der Waals surface area contributed by atoms with Gasteiger partial charge >= 0.3 is 6.03 Å². The van der Waals surface area contributed by atoms with Crippen LogP contribution in [0.5, 0.6) is 0 Å². The van der Waals surface area contributed by atoms with Crippen molar-refractivity contribution in [3.05, 3.63) is 78.9 Å². The highest BCUT2D eigenvalue weighted by atomic mass is 16.2. The summed E-state index contributed by atoms with van der Waals surface area (Å²) >= 11 is 0. The molecule has 26 heavy (non-hydrogen) atoms. The second-order valence-electron chi connectivity index (χ2n) is 5.71. The third-order valence-corrected chi connectivity index (χ3v) is 3.87. The number of urea groups is 1. The van der Waals surface area contributed by atoms with Gasteiger partial charge < -0.3 is 5.32 Å². The number of pyridine rings is 2. The van der Waals surface area contributed by atoms with Gasteiger partial charge in [0, 0.05) is 41.9 Å². The highest BCUT2D eigenvalue weighted by molar-refractivity contribution is 5.99. The molecule has 0 aliphatic rings. The van der Waals surface area contributed by atoms with Gasteiger partial charge in [0.1, 0.15) is 0 Å². The van der Waals surface area contributed by atoms with E-state index in [1.807, 2.05) is 36.5 Å². The van der Waals surface area contributed by atoms with Crippen molar-refractivity contribution in [2.45, 2.75) is 6.54 Å². The number of amides is 2. The molecule has 0 unspecified atom stereocenters. The van der Waals surface area contributed by atoms with Crippen molar-refractivity contribution in [1.29, 1.82) is 0 Å². The summed E-state index contributed by atoms with van der Waals surface area (Å²) in [5, 5.41) is 10.9. The Morgan fingerprint density at radius 1 is 0.962 bits per heavy atom. The Hall–Kier alpha value is -3.74. The average molecular weight is 344 g/mol. The highest BCUT2D eigenvalue weighted by Crippen LogP contribution is 2.17. The Kier molecular flexibility index (Phi) is 4.26. The summed E-state index contributed by atoms with van der Waals surface area (Å²) < 4.78 is 1.77. The van der Waals surface area contributed by atoms with Crippen molar-refractivity contribution in [3.63, 3.8) is 0 Å². The maximum Gasteiger partial charge on any atom is 0.324 e. The second kappa shape index (κ2) is 7.02. The Bertz CT molecular complexity index is 1040. The fraction of sp³-hybridized carbons (Fsp3) is 0.0526. The molecule has 0 saturated carbocycles. The third-order valence-electron chi connectivity index (χ3n) is 3.87. The zero-order valence-corrected chi connectivity index (χ0v) is 13.8. The molecule has 0 fully saturated rings. The van der Waals surface area contributed by atoms with Gasteiger partial charge in [-0.15, -0.1) is 0 Å². The number of aromatic nitrogens is 4. The zero-order chi connectivity index (χ0) is 17.8. The molecule has 3 aromatic heterocycles. The molecule has 0 aliphatic heterocycles. The summed E-state index contributed by atoms with van der Waals surface area (Å²) in [4.78, 5) is 20.4. The SMILES string of the molecule is O=C(Nc1ccncc1)Nc1ccn(Cc2cccc3cccnc23)n1. The minimum atomic E-state index is -0.353. The number of fused-ring (bicyclic) bond motifs is 1. The van der Waals surface area contributed by atoms with E-state index in [2.05, 4.69) is 25.7 Å². The van der Waals surface area contributed by atoms with Gasteiger partial charge in [-0.25, -0.2) is 4.79 Å². The monoisotopic (exact) mass is 344 g/mol. The minimum Gasteiger partial charge on any atom is -0.308 e. The summed E-state index contributed by atoms with van der Waals surface area (Å²) in [5.41, 5.74) is 2.69. The van der Waals surface area contributed by atoms with Crippen LogP contribution in [0.1, 0.15) is 5.56 Å². The van der Waals surface area contributed by atoms with Gasteiger partial charge in [-0.2, -0.15) is 5.10 Å². The Labute approximate surface area is 149 Å². The first-order valence-corrected chi connectivity index (χ1v) is 8.12.